The molecular weight excluding hydrogens is 245 g/mol. The second-order valence-electron chi connectivity index (χ2n) is 3.89. The summed E-state index contributed by atoms with van der Waals surface area (Å²) in [6.45, 7) is 0.735. The average molecular weight is 258 g/mol. The number of rotatable bonds is 4. The number of nitrogens with zero attached hydrogens (tertiary/aromatic N) is 1. The number of fused-ring (bicyclic) bond motifs is 1. The van der Waals surface area contributed by atoms with Crippen LogP contribution in [0.25, 0.3) is 0 Å². The third-order valence-electron chi connectivity index (χ3n) is 2.75. The minimum absolute atomic E-state index is 0.159. The molecule has 0 fully saturated rings. The number of hydrogen-bond acceptors (Lipinski definition) is 1. The molecule has 0 saturated carbocycles. The van der Waals surface area contributed by atoms with Crippen LogP contribution < -0.4 is 4.90 Å². The molecule has 0 spiro atoms. The minimum atomic E-state index is 0.159. The summed E-state index contributed by atoms with van der Waals surface area (Å²) in [5.74, 6) is 0.802. The fraction of sp³-hybridized carbons (Fsp3) is 0.417. The molecule has 1 aliphatic rings. The number of anilines is 1. The van der Waals surface area contributed by atoms with Crippen molar-refractivity contribution in [3.8, 4) is 0 Å². The van der Waals surface area contributed by atoms with E-state index in [1.165, 1.54) is 0 Å². The van der Waals surface area contributed by atoms with Crippen LogP contribution >= 0.6 is 23.2 Å². The zero-order chi connectivity index (χ0) is 11.5. The largest absolute Gasteiger partial charge is 0.312 e. The van der Waals surface area contributed by atoms with Crippen molar-refractivity contribution in [2.24, 2.45) is 0 Å². The summed E-state index contributed by atoms with van der Waals surface area (Å²) >= 11 is 11.6. The summed E-state index contributed by atoms with van der Waals surface area (Å²) in [7, 11) is 0. The molecule has 2 nitrogen and oxygen atoms in total. The van der Waals surface area contributed by atoms with Gasteiger partial charge >= 0.3 is 0 Å². The Kier molecular flexibility index (Phi) is 3.72. The van der Waals surface area contributed by atoms with Gasteiger partial charge in [0, 0.05) is 23.1 Å². The molecular formula is C12H13Cl2NO. The number of alkyl halides is 1. The van der Waals surface area contributed by atoms with E-state index in [1.807, 2.05) is 23.1 Å². The van der Waals surface area contributed by atoms with E-state index in [9.17, 15) is 4.79 Å². The topological polar surface area (TPSA) is 20.3 Å². The Balaban J connectivity index is 2.15. The molecule has 2 rings (SSSR count). The third kappa shape index (κ3) is 2.33. The summed E-state index contributed by atoms with van der Waals surface area (Å²) < 4.78 is 0. The molecule has 1 amide bonds. The summed E-state index contributed by atoms with van der Waals surface area (Å²) in [6.07, 6.45) is 2.36. The summed E-state index contributed by atoms with van der Waals surface area (Å²) in [5, 5.41) is 0.677. The lowest BCUT2D eigenvalue weighted by Crippen LogP contribution is -2.27. The van der Waals surface area contributed by atoms with Gasteiger partial charge in [-0.2, -0.15) is 0 Å². The van der Waals surface area contributed by atoms with Crippen LogP contribution in [0, 0.1) is 0 Å². The highest BCUT2D eigenvalue weighted by Crippen LogP contribution is 2.31. The molecule has 4 heteroatoms. The predicted octanol–water partition coefficient (Wildman–Crippen LogP) is 3.25. The molecule has 0 unspecified atom stereocenters. The quantitative estimate of drug-likeness (QED) is 0.599. The Hall–Kier alpha value is -0.730. The van der Waals surface area contributed by atoms with Crippen LogP contribution in [-0.2, 0) is 11.2 Å². The van der Waals surface area contributed by atoms with Crippen LogP contribution in [0.4, 0.5) is 5.69 Å². The monoisotopic (exact) mass is 257 g/mol. The lowest BCUT2D eigenvalue weighted by molar-refractivity contribution is -0.117. The number of carbonyl (C=O) groups excluding carboxylic acids is 1. The zero-order valence-corrected chi connectivity index (χ0v) is 10.4. The van der Waals surface area contributed by atoms with Crippen molar-refractivity contribution >= 4 is 34.8 Å². The van der Waals surface area contributed by atoms with Gasteiger partial charge in [0.25, 0.3) is 0 Å². The number of halogens is 2. The Morgan fingerprint density at radius 1 is 1.31 bits per heavy atom. The molecule has 86 valence electrons. The molecule has 1 aliphatic heterocycles. The van der Waals surface area contributed by atoms with Crippen molar-refractivity contribution in [3.05, 3.63) is 28.8 Å². The van der Waals surface area contributed by atoms with Crippen molar-refractivity contribution in [2.45, 2.75) is 19.3 Å². The molecule has 1 aromatic rings. The Labute approximate surface area is 105 Å². The van der Waals surface area contributed by atoms with Crippen molar-refractivity contribution in [1.82, 2.24) is 0 Å². The van der Waals surface area contributed by atoms with Gasteiger partial charge in [-0.05, 0) is 30.5 Å². The van der Waals surface area contributed by atoms with E-state index >= 15 is 0 Å². The van der Waals surface area contributed by atoms with Gasteiger partial charge in [0.1, 0.15) is 0 Å². The van der Waals surface area contributed by atoms with E-state index in [2.05, 4.69) is 0 Å². The van der Waals surface area contributed by atoms with Crippen LogP contribution in [-0.4, -0.2) is 18.3 Å². The van der Waals surface area contributed by atoms with E-state index in [0.29, 0.717) is 17.3 Å². The number of amides is 1. The van der Waals surface area contributed by atoms with E-state index in [0.717, 1.165) is 30.6 Å². The molecule has 0 bridgehead atoms. The first-order chi connectivity index (χ1) is 7.72. The Morgan fingerprint density at radius 3 is 2.88 bits per heavy atom. The van der Waals surface area contributed by atoms with Gasteiger partial charge in [0.15, 0.2) is 0 Å². The highest BCUT2D eigenvalue weighted by molar-refractivity contribution is 6.31. The highest BCUT2D eigenvalue weighted by Gasteiger charge is 2.26. The van der Waals surface area contributed by atoms with Gasteiger partial charge < -0.3 is 4.90 Å². The van der Waals surface area contributed by atoms with Crippen molar-refractivity contribution in [1.29, 1.82) is 0 Å². The summed E-state index contributed by atoms with van der Waals surface area (Å²) in [4.78, 5) is 13.6. The van der Waals surface area contributed by atoms with Crippen molar-refractivity contribution in [3.63, 3.8) is 0 Å². The Morgan fingerprint density at radius 2 is 2.12 bits per heavy atom. The normalized spacial score (nSPS) is 14.4. The lowest BCUT2D eigenvalue weighted by atomic mass is 10.2. The molecule has 0 N–H and O–H groups in total. The molecule has 0 aliphatic carbocycles. The van der Waals surface area contributed by atoms with Gasteiger partial charge in [-0.25, -0.2) is 0 Å². The van der Waals surface area contributed by atoms with Crippen LogP contribution in [0.1, 0.15) is 18.4 Å². The van der Waals surface area contributed by atoms with Crippen molar-refractivity contribution in [2.75, 3.05) is 17.3 Å². The maximum absolute atomic E-state index is 11.8. The molecule has 0 saturated heterocycles. The van der Waals surface area contributed by atoms with Gasteiger partial charge in [-0.1, -0.05) is 17.7 Å². The maximum Gasteiger partial charge on any atom is 0.231 e. The predicted molar refractivity (Wildman–Crippen MR) is 67.5 cm³/mol. The van der Waals surface area contributed by atoms with E-state index in [4.69, 9.17) is 23.2 Å². The van der Waals surface area contributed by atoms with E-state index in [1.54, 1.807) is 0 Å². The smallest absolute Gasteiger partial charge is 0.231 e. The molecule has 0 atom stereocenters. The van der Waals surface area contributed by atoms with Crippen LogP contribution in [0.15, 0.2) is 18.2 Å². The second kappa shape index (κ2) is 5.07. The molecule has 1 heterocycles. The molecule has 16 heavy (non-hydrogen) atoms. The SMILES string of the molecule is O=C1Cc2ccc(Cl)cc2N1CCCCCl. The first-order valence-corrected chi connectivity index (χ1v) is 6.28. The fourth-order valence-electron chi connectivity index (χ4n) is 1.94. The molecule has 0 aromatic heterocycles. The number of carbonyl (C=O) groups is 1. The maximum atomic E-state index is 11.8. The second-order valence-corrected chi connectivity index (χ2v) is 4.71. The van der Waals surface area contributed by atoms with E-state index in [-0.39, 0.29) is 5.91 Å². The first-order valence-electron chi connectivity index (χ1n) is 5.37. The van der Waals surface area contributed by atoms with Crippen LogP contribution in [0.3, 0.4) is 0 Å². The molecule has 0 radical (unpaired) electrons. The summed E-state index contributed by atoms with van der Waals surface area (Å²) in [5.41, 5.74) is 2.03. The standard InChI is InChI=1S/C12H13Cl2NO/c13-5-1-2-6-15-11-8-10(14)4-3-9(11)7-12(15)16/h3-4,8H,1-2,5-7H2. The fourth-order valence-corrected chi connectivity index (χ4v) is 2.30. The van der Waals surface area contributed by atoms with Gasteiger partial charge in [0.2, 0.25) is 5.91 Å². The Bertz CT molecular complexity index is 406. The van der Waals surface area contributed by atoms with E-state index < -0.39 is 0 Å². The van der Waals surface area contributed by atoms with Crippen LogP contribution in [0.2, 0.25) is 5.02 Å². The lowest BCUT2D eigenvalue weighted by Gasteiger charge is -2.17. The minimum Gasteiger partial charge on any atom is -0.312 e. The summed E-state index contributed by atoms with van der Waals surface area (Å²) in [6, 6.07) is 5.62. The molecule has 1 aromatic carbocycles. The number of unbranched alkanes of at least 4 members (excludes halogenated alkanes) is 1. The van der Waals surface area contributed by atoms with Gasteiger partial charge in [-0.3, -0.25) is 4.79 Å². The number of hydrogen-bond donors (Lipinski definition) is 0. The third-order valence-corrected chi connectivity index (χ3v) is 3.25. The number of benzene rings is 1. The van der Waals surface area contributed by atoms with Gasteiger partial charge in [-0.15, -0.1) is 11.6 Å². The zero-order valence-electron chi connectivity index (χ0n) is 8.88. The average Bonchev–Trinajstić information content (AvgIpc) is 2.56. The highest BCUT2D eigenvalue weighted by atomic mass is 35.5. The first kappa shape index (κ1) is 11.7. The van der Waals surface area contributed by atoms with Gasteiger partial charge in [0.05, 0.1) is 6.42 Å². The van der Waals surface area contributed by atoms with Crippen molar-refractivity contribution < 1.29 is 4.79 Å². The van der Waals surface area contributed by atoms with Crippen LogP contribution in [0.5, 0.6) is 0 Å².